The van der Waals surface area contributed by atoms with Crippen LogP contribution in [-0.2, 0) is 22.0 Å². The van der Waals surface area contributed by atoms with Gasteiger partial charge in [-0.3, -0.25) is 19.1 Å². The fourth-order valence-electron chi connectivity index (χ4n) is 2.52. The third-order valence-corrected chi connectivity index (χ3v) is 5.54. The highest BCUT2D eigenvalue weighted by molar-refractivity contribution is 7.52. The lowest BCUT2D eigenvalue weighted by molar-refractivity contribution is 0.369. The summed E-state index contributed by atoms with van der Waals surface area (Å²) in [5.74, 6) is 0. The Morgan fingerprint density at radius 2 is 1.12 bits per heavy atom. The molecule has 2 rings (SSSR count). The van der Waals surface area contributed by atoms with Crippen molar-refractivity contribution in [2.24, 2.45) is 0 Å². The average Bonchev–Trinajstić information content (AvgIpc) is 2.53. The summed E-state index contributed by atoms with van der Waals surface area (Å²) in [7, 11) is -7.97. The second kappa shape index (κ2) is 9.00. The molecule has 4 N–H and O–H groups in total. The number of aromatic nitrogens is 2. The smallest absolute Gasteiger partial charge is 0.324 e. The fourth-order valence-corrected chi connectivity index (χ4v) is 3.66. The Morgan fingerprint density at radius 1 is 0.731 bits per heavy atom. The van der Waals surface area contributed by atoms with E-state index in [9.17, 15) is 9.13 Å². The van der Waals surface area contributed by atoms with E-state index in [-0.39, 0.29) is 12.3 Å². The summed E-state index contributed by atoms with van der Waals surface area (Å²) >= 11 is 0. The first-order chi connectivity index (χ1) is 12.1. The molecule has 2 aromatic rings. The van der Waals surface area contributed by atoms with E-state index in [4.69, 9.17) is 19.6 Å². The van der Waals surface area contributed by atoms with Gasteiger partial charge in [-0.1, -0.05) is 0 Å². The molecular formula is C16H22N2O6P2. The van der Waals surface area contributed by atoms with Gasteiger partial charge in [0, 0.05) is 12.4 Å². The topological polar surface area (TPSA) is 141 Å². The first-order valence-corrected chi connectivity index (χ1v) is 11.7. The molecule has 0 aliphatic rings. The molecule has 8 nitrogen and oxygen atoms in total. The standard InChI is InChI=1S/C16H22N2O6P2/c19-25(20,21)9-1-3-13-5-7-17-15(11-13)16-12-14(6-8-18-16)4-2-10-26(22,23)24/h5-8,11-12H,1-4,9-10H2,(H2,19,20,21)(H2,22,23,24). The Kier molecular flexibility index (Phi) is 7.24. The molecule has 0 saturated heterocycles. The Hall–Kier alpha value is -1.40. The monoisotopic (exact) mass is 400 g/mol. The second-order valence-corrected chi connectivity index (χ2v) is 9.64. The van der Waals surface area contributed by atoms with E-state index in [0.29, 0.717) is 37.1 Å². The molecule has 142 valence electrons. The third kappa shape index (κ3) is 7.87. The SMILES string of the molecule is O=P(O)(O)CCCc1ccnc(-c2cc(CCCP(=O)(O)O)ccn2)c1. The molecule has 26 heavy (non-hydrogen) atoms. The third-order valence-electron chi connectivity index (χ3n) is 3.74. The van der Waals surface area contributed by atoms with Crippen molar-refractivity contribution in [2.75, 3.05) is 12.3 Å². The quantitative estimate of drug-likeness (QED) is 0.470. The van der Waals surface area contributed by atoms with Gasteiger partial charge in [0.15, 0.2) is 0 Å². The van der Waals surface area contributed by atoms with E-state index in [2.05, 4.69) is 9.97 Å². The lowest BCUT2D eigenvalue weighted by atomic mass is 10.1. The predicted octanol–water partition coefficient (Wildman–Crippen LogP) is 2.36. The van der Waals surface area contributed by atoms with Crippen LogP contribution in [0, 0.1) is 0 Å². The zero-order valence-electron chi connectivity index (χ0n) is 14.1. The minimum absolute atomic E-state index is 0.155. The van der Waals surface area contributed by atoms with E-state index in [1.54, 1.807) is 24.5 Å². The fraction of sp³-hybridized carbons (Fsp3) is 0.375. The van der Waals surface area contributed by atoms with Crippen molar-refractivity contribution in [3.05, 3.63) is 47.8 Å². The maximum atomic E-state index is 10.9. The van der Waals surface area contributed by atoms with E-state index < -0.39 is 15.2 Å². The highest BCUT2D eigenvalue weighted by atomic mass is 31.2. The highest BCUT2D eigenvalue weighted by Gasteiger charge is 2.13. The maximum Gasteiger partial charge on any atom is 0.325 e. The number of hydrogen-bond donors (Lipinski definition) is 4. The first-order valence-electron chi connectivity index (χ1n) is 8.12. The van der Waals surface area contributed by atoms with Crippen molar-refractivity contribution in [1.82, 2.24) is 9.97 Å². The predicted molar refractivity (Wildman–Crippen MR) is 97.9 cm³/mol. The van der Waals surface area contributed by atoms with Crippen LogP contribution in [0.5, 0.6) is 0 Å². The number of pyridine rings is 2. The summed E-state index contributed by atoms with van der Waals surface area (Å²) in [5.41, 5.74) is 3.13. The van der Waals surface area contributed by atoms with Crippen molar-refractivity contribution < 1.29 is 28.7 Å². The Labute approximate surface area is 151 Å². The molecule has 0 aromatic carbocycles. The molecule has 2 aromatic heterocycles. The summed E-state index contributed by atoms with van der Waals surface area (Å²) < 4.78 is 21.8. The molecule has 0 unspecified atom stereocenters. The largest absolute Gasteiger partial charge is 0.325 e. The van der Waals surface area contributed by atoms with Crippen molar-refractivity contribution in [3.8, 4) is 11.4 Å². The molecule has 0 fully saturated rings. The van der Waals surface area contributed by atoms with Gasteiger partial charge in [-0.2, -0.15) is 0 Å². The summed E-state index contributed by atoms with van der Waals surface area (Å²) in [6.45, 7) is 0. The van der Waals surface area contributed by atoms with Gasteiger partial charge >= 0.3 is 15.2 Å². The number of rotatable bonds is 9. The Bertz CT molecular complexity index is 763. The van der Waals surface area contributed by atoms with Crippen LogP contribution in [0.3, 0.4) is 0 Å². The normalized spacial score (nSPS) is 12.3. The molecule has 0 amide bonds. The molecule has 0 atom stereocenters. The summed E-state index contributed by atoms with van der Waals surface area (Å²) in [6, 6.07) is 7.27. The summed E-state index contributed by atoms with van der Waals surface area (Å²) in [6.07, 6.45) is 4.77. The lowest BCUT2D eigenvalue weighted by Crippen LogP contribution is -1.96. The van der Waals surface area contributed by atoms with Crippen LogP contribution >= 0.6 is 15.2 Å². The van der Waals surface area contributed by atoms with Gasteiger partial charge in [-0.25, -0.2) is 0 Å². The summed E-state index contributed by atoms with van der Waals surface area (Å²) in [4.78, 5) is 44.3. The summed E-state index contributed by atoms with van der Waals surface area (Å²) in [5, 5.41) is 0. The molecule has 0 spiro atoms. The van der Waals surface area contributed by atoms with Gasteiger partial charge in [0.25, 0.3) is 0 Å². The number of aryl methyl sites for hydroxylation is 2. The van der Waals surface area contributed by atoms with Crippen molar-refractivity contribution in [3.63, 3.8) is 0 Å². The minimum atomic E-state index is -3.99. The van der Waals surface area contributed by atoms with Crippen LogP contribution in [0.4, 0.5) is 0 Å². The number of hydrogen-bond acceptors (Lipinski definition) is 4. The van der Waals surface area contributed by atoms with Crippen LogP contribution in [-0.4, -0.2) is 41.9 Å². The zero-order valence-corrected chi connectivity index (χ0v) is 15.9. The second-order valence-electron chi connectivity index (χ2n) is 6.08. The van der Waals surface area contributed by atoms with Crippen LogP contribution < -0.4 is 0 Å². The molecule has 0 aliphatic heterocycles. The van der Waals surface area contributed by atoms with Crippen molar-refractivity contribution >= 4 is 15.2 Å². The van der Waals surface area contributed by atoms with Gasteiger partial charge in [-0.05, 0) is 61.1 Å². The molecule has 2 heterocycles. The van der Waals surface area contributed by atoms with Crippen LogP contribution in [0.2, 0.25) is 0 Å². The maximum absolute atomic E-state index is 10.9. The highest BCUT2D eigenvalue weighted by Crippen LogP contribution is 2.36. The van der Waals surface area contributed by atoms with E-state index >= 15 is 0 Å². The van der Waals surface area contributed by atoms with Gasteiger partial charge < -0.3 is 19.6 Å². The molecule has 0 aliphatic carbocycles. The van der Waals surface area contributed by atoms with Crippen molar-refractivity contribution in [1.29, 1.82) is 0 Å². The van der Waals surface area contributed by atoms with E-state index in [0.717, 1.165) is 11.1 Å². The molecular weight excluding hydrogens is 378 g/mol. The van der Waals surface area contributed by atoms with Gasteiger partial charge in [0.2, 0.25) is 0 Å². The van der Waals surface area contributed by atoms with Crippen LogP contribution in [0.25, 0.3) is 11.4 Å². The van der Waals surface area contributed by atoms with Crippen LogP contribution in [0.15, 0.2) is 36.7 Å². The van der Waals surface area contributed by atoms with Gasteiger partial charge in [0.1, 0.15) is 0 Å². The minimum Gasteiger partial charge on any atom is -0.324 e. The molecule has 0 bridgehead atoms. The van der Waals surface area contributed by atoms with Crippen LogP contribution in [0.1, 0.15) is 24.0 Å². The van der Waals surface area contributed by atoms with Gasteiger partial charge in [0.05, 0.1) is 23.7 Å². The Morgan fingerprint density at radius 3 is 1.46 bits per heavy atom. The first kappa shape index (κ1) is 20.9. The van der Waals surface area contributed by atoms with Gasteiger partial charge in [-0.15, -0.1) is 0 Å². The molecule has 0 radical (unpaired) electrons. The molecule has 10 heteroatoms. The van der Waals surface area contributed by atoms with E-state index in [1.165, 1.54) is 0 Å². The molecule has 0 saturated carbocycles. The average molecular weight is 400 g/mol. The lowest BCUT2D eigenvalue weighted by Gasteiger charge is -2.07. The van der Waals surface area contributed by atoms with E-state index in [1.807, 2.05) is 12.1 Å². The zero-order chi connectivity index (χ0) is 19.2. The van der Waals surface area contributed by atoms with Crippen molar-refractivity contribution in [2.45, 2.75) is 25.7 Å². The Balaban J connectivity index is 2.04. The number of nitrogens with zero attached hydrogens (tertiary/aromatic N) is 2.